The molecule has 4 nitrogen and oxygen atoms in total. The SMILES string of the molecule is CNCC1OCCN(C(C)C)C1c1cnccc1C. The molecule has 1 N–H and O–H groups in total. The van der Waals surface area contributed by atoms with Crippen LogP contribution in [0.15, 0.2) is 18.5 Å². The highest BCUT2D eigenvalue weighted by atomic mass is 16.5. The van der Waals surface area contributed by atoms with E-state index < -0.39 is 0 Å². The summed E-state index contributed by atoms with van der Waals surface area (Å²) in [7, 11) is 1.98. The van der Waals surface area contributed by atoms with Crippen LogP contribution in [0.4, 0.5) is 0 Å². The first-order chi connectivity index (χ1) is 9.15. The number of ether oxygens (including phenoxy) is 1. The van der Waals surface area contributed by atoms with E-state index in [1.165, 1.54) is 11.1 Å². The van der Waals surface area contributed by atoms with E-state index in [0.717, 1.165) is 19.7 Å². The van der Waals surface area contributed by atoms with Crippen molar-refractivity contribution >= 4 is 0 Å². The average molecular weight is 263 g/mol. The number of nitrogens with one attached hydrogen (secondary N) is 1. The summed E-state index contributed by atoms with van der Waals surface area (Å²) >= 11 is 0. The van der Waals surface area contributed by atoms with Crippen LogP contribution < -0.4 is 5.32 Å². The van der Waals surface area contributed by atoms with Crippen molar-refractivity contribution in [2.45, 2.75) is 39.0 Å². The highest BCUT2D eigenvalue weighted by Gasteiger charge is 2.35. The minimum absolute atomic E-state index is 0.184. The summed E-state index contributed by atoms with van der Waals surface area (Å²) in [6.45, 7) is 9.31. The fraction of sp³-hybridized carbons (Fsp3) is 0.667. The fourth-order valence-corrected chi connectivity index (χ4v) is 2.87. The first kappa shape index (κ1) is 14.4. The topological polar surface area (TPSA) is 37.4 Å². The van der Waals surface area contributed by atoms with Crippen molar-refractivity contribution in [2.24, 2.45) is 0 Å². The van der Waals surface area contributed by atoms with E-state index in [1.54, 1.807) is 0 Å². The quantitative estimate of drug-likeness (QED) is 0.898. The van der Waals surface area contributed by atoms with Crippen LogP contribution in [-0.2, 0) is 4.74 Å². The van der Waals surface area contributed by atoms with E-state index in [9.17, 15) is 0 Å². The summed E-state index contributed by atoms with van der Waals surface area (Å²) in [5.74, 6) is 0. The Morgan fingerprint density at radius 3 is 2.95 bits per heavy atom. The number of morpholine rings is 1. The lowest BCUT2D eigenvalue weighted by Crippen LogP contribution is -2.51. The van der Waals surface area contributed by atoms with Crippen LogP contribution in [0.25, 0.3) is 0 Å². The van der Waals surface area contributed by atoms with Gasteiger partial charge in [0.15, 0.2) is 0 Å². The van der Waals surface area contributed by atoms with Crippen LogP contribution in [0, 0.1) is 6.92 Å². The number of likely N-dealkylation sites (N-methyl/N-ethyl adjacent to an activating group) is 1. The van der Waals surface area contributed by atoms with Crippen LogP contribution in [-0.4, -0.2) is 48.8 Å². The molecule has 1 aromatic rings. The monoisotopic (exact) mass is 263 g/mol. The Balaban J connectivity index is 2.34. The van der Waals surface area contributed by atoms with Gasteiger partial charge in [-0.15, -0.1) is 0 Å². The Kier molecular flexibility index (Phi) is 4.91. The number of aryl methyl sites for hydroxylation is 1. The van der Waals surface area contributed by atoms with E-state index in [-0.39, 0.29) is 12.1 Å². The molecule has 0 aliphatic carbocycles. The number of hydrogen-bond acceptors (Lipinski definition) is 4. The molecule has 2 rings (SSSR count). The molecule has 0 aromatic carbocycles. The fourth-order valence-electron chi connectivity index (χ4n) is 2.87. The van der Waals surface area contributed by atoms with Crippen molar-refractivity contribution in [3.8, 4) is 0 Å². The second-order valence-corrected chi connectivity index (χ2v) is 5.48. The van der Waals surface area contributed by atoms with Crippen molar-refractivity contribution in [3.63, 3.8) is 0 Å². The maximum absolute atomic E-state index is 5.99. The molecule has 2 unspecified atom stereocenters. The normalized spacial score (nSPS) is 24.9. The highest BCUT2D eigenvalue weighted by Crippen LogP contribution is 2.32. The molecule has 0 bridgehead atoms. The van der Waals surface area contributed by atoms with Crippen molar-refractivity contribution in [2.75, 3.05) is 26.7 Å². The highest BCUT2D eigenvalue weighted by molar-refractivity contribution is 5.27. The zero-order valence-electron chi connectivity index (χ0n) is 12.4. The van der Waals surface area contributed by atoms with Gasteiger partial charge < -0.3 is 10.1 Å². The second-order valence-electron chi connectivity index (χ2n) is 5.48. The van der Waals surface area contributed by atoms with Crippen molar-refractivity contribution in [1.29, 1.82) is 0 Å². The maximum Gasteiger partial charge on any atom is 0.0897 e. The lowest BCUT2D eigenvalue weighted by Gasteiger charge is -2.44. The molecule has 0 radical (unpaired) electrons. The molecular formula is C15H25N3O. The van der Waals surface area contributed by atoms with Crippen LogP contribution in [0.1, 0.15) is 31.0 Å². The summed E-state index contributed by atoms with van der Waals surface area (Å²) < 4.78 is 5.99. The van der Waals surface area contributed by atoms with Gasteiger partial charge in [0.25, 0.3) is 0 Å². The maximum atomic E-state index is 5.99. The molecule has 106 valence electrons. The molecule has 1 fully saturated rings. The Hall–Kier alpha value is -0.970. The lowest BCUT2D eigenvalue weighted by molar-refractivity contribution is -0.0818. The zero-order chi connectivity index (χ0) is 13.8. The number of nitrogens with zero attached hydrogens (tertiary/aromatic N) is 2. The Morgan fingerprint density at radius 2 is 2.32 bits per heavy atom. The van der Waals surface area contributed by atoms with Gasteiger partial charge in [0, 0.05) is 31.5 Å². The smallest absolute Gasteiger partial charge is 0.0897 e. The van der Waals surface area contributed by atoms with Crippen LogP contribution in [0.3, 0.4) is 0 Å². The molecule has 1 saturated heterocycles. The predicted octanol–water partition coefficient (Wildman–Crippen LogP) is 1.76. The van der Waals surface area contributed by atoms with Crippen LogP contribution >= 0.6 is 0 Å². The molecule has 2 atom stereocenters. The summed E-state index contributed by atoms with van der Waals surface area (Å²) in [4.78, 5) is 6.83. The van der Waals surface area contributed by atoms with E-state index >= 15 is 0 Å². The number of aromatic nitrogens is 1. The third kappa shape index (κ3) is 3.14. The molecule has 4 heteroatoms. The third-order valence-corrected chi connectivity index (χ3v) is 3.86. The molecule has 2 heterocycles. The van der Waals surface area contributed by atoms with Crippen molar-refractivity contribution in [3.05, 3.63) is 29.6 Å². The van der Waals surface area contributed by atoms with E-state index in [2.05, 4.69) is 42.0 Å². The molecule has 1 aromatic heterocycles. The first-order valence-electron chi connectivity index (χ1n) is 7.07. The largest absolute Gasteiger partial charge is 0.374 e. The Labute approximate surface area is 116 Å². The van der Waals surface area contributed by atoms with E-state index in [4.69, 9.17) is 4.74 Å². The third-order valence-electron chi connectivity index (χ3n) is 3.86. The van der Waals surface area contributed by atoms with Gasteiger partial charge in [-0.1, -0.05) is 0 Å². The van der Waals surface area contributed by atoms with Gasteiger partial charge in [-0.05, 0) is 45.0 Å². The van der Waals surface area contributed by atoms with Crippen molar-refractivity contribution in [1.82, 2.24) is 15.2 Å². The second kappa shape index (κ2) is 6.46. The van der Waals surface area contributed by atoms with Gasteiger partial charge in [0.1, 0.15) is 0 Å². The number of pyridine rings is 1. The van der Waals surface area contributed by atoms with Crippen LogP contribution in [0.5, 0.6) is 0 Å². The summed E-state index contributed by atoms with van der Waals surface area (Å²) in [5.41, 5.74) is 2.58. The van der Waals surface area contributed by atoms with Gasteiger partial charge in [-0.25, -0.2) is 0 Å². The van der Waals surface area contributed by atoms with Gasteiger partial charge in [0.05, 0.1) is 18.8 Å². The molecule has 1 aliphatic rings. The molecular weight excluding hydrogens is 238 g/mol. The lowest BCUT2D eigenvalue weighted by atomic mass is 9.94. The molecule has 1 aliphatic heterocycles. The standard InChI is InChI=1S/C15H25N3O/c1-11(2)18-7-8-19-14(10-16-4)15(18)13-9-17-6-5-12(13)3/h5-6,9,11,14-16H,7-8,10H2,1-4H3. The van der Waals surface area contributed by atoms with E-state index in [1.807, 2.05) is 19.4 Å². The molecule has 19 heavy (non-hydrogen) atoms. The van der Waals surface area contributed by atoms with E-state index in [0.29, 0.717) is 6.04 Å². The molecule has 0 saturated carbocycles. The Morgan fingerprint density at radius 1 is 1.53 bits per heavy atom. The van der Waals surface area contributed by atoms with Gasteiger partial charge in [0.2, 0.25) is 0 Å². The average Bonchev–Trinajstić information content (AvgIpc) is 2.40. The van der Waals surface area contributed by atoms with Crippen LogP contribution in [0.2, 0.25) is 0 Å². The first-order valence-corrected chi connectivity index (χ1v) is 7.07. The van der Waals surface area contributed by atoms with Gasteiger partial charge in [-0.3, -0.25) is 9.88 Å². The predicted molar refractivity (Wildman–Crippen MR) is 77.2 cm³/mol. The molecule has 0 amide bonds. The summed E-state index contributed by atoms with van der Waals surface area (Å²) in [6.07, 6.45) is 4.03. The minimum atomic E-state index is 0.184. The molecule has 0 spiro atoms. The van der Waals surface area contributed by atoms with Gasteiger partial charge >= 0.3 is 0 Å². The summed E-state index contributed by atoms with van der Waals surface area (Å²) in [6, 6.07) is 2.88. The zero-order valence-corrected chi connectivity index (χ0v) is 12.4. The van der Waals surface area contributed by atoms with Gasteiger partial charge in [-0.2, -0.15) is 0 Å². The number of hydrogen-bond donors (Lipinski definition) is 1. The number of rotatable bonds is 4. The minimum Gasteiger partial charge on any atom is -0.374 e. The Bertz CT molecular complexity index is 406. The van der Waals surface area contributed by atoms with Crippen molar-refractivity contribution < 1.29 is 4.74 Å². The summed E-state index contributed by atoms with van der Waals surface area (Å²) in [5, 5.41) is 3.24.